The maximum absolute atomic E-state index is 5.51. The van der Waals surface area contributed by atoms with Crippen LogP contribution in [0.15, 0.2) is 0 Å². The molecule has 0 bridgehead atoms. The zero-order chi connectivity index (χ0) is 6.91. The van der Waals surface area contributed by atoms with E-state index in [0.717, 1.165) is 0 Å². The van der Waals surface area contributed by atoms with Crippen LogP contribution in [0, 0.1) is 12.8 Å². The summed E-state index contributed by atoms with van der Waals surface area (Å²) < 4.78 is 10.5. The van der Waals surface area contributed by atoms with Gasteiger partial charge in [0, 0.05) is 5.92 Å². The number of ether oxygens (including phenoxy) is 2. The molecule has 0 aliphatic carbocycles. The van der Waals surface area contributed by atoms with E-state index in [1.807, 2.05) is 13.8 Å². The molecule has 52 valence electrons. The van der Waals surface area contributed by atoms with E-state index in [1.54, 1.807) is 0 Å². The van der Waals surface area contributed by atoms with Gasteiger partial charge in [0.05, 0.1) is 13.2 Å². The van der Waals surface area contributed by atoms with Crippen LogP contribution >= 0.6 is 0 Å². The Balaban J connectivity index is 2.35. The molecule has 0 aromatic carbocycles. The van der Waals surface area contributed by atoms with Gasteiger partial charge in [-0.25, -0.2) is 0 Å². The molecule has 0 N–H and O–H groups in total. The van der Waals surface area contributed by atoms with Crippen molar-refractivity contribution in [2.24, 2.45) is 5.92 Å². The van der Waals surface area contributed by atoms with Crippen molar-refractivity contribution >= 4 is 0 Å². The lowest BCUT2D eigenvalue weighted by molar-refractivity contribution is -0.256. The van der Waals surface area contributed by atoms with Gasteiger partial charge in [-0.05, 0) is 20.8 Å². The third-order valence-electron chi connectivity index (χ3n) is 1.29. The molecule has 2 radical (unpaired) electrons. The normalized spacial score (nSPS) is 28.3. The summed E-state index contributed by atoms with van der Waals surface area (Å²) in [7, 11) is 0. The smallest absolute Gasteiger partial charge is 0.162 e. The number of hydrogen-bond donors (Lipinski definition) is 0. The molecule has 2 nitrogen and oxygen atoms in total. The van der Waals surface area contributed by atoms with Crippen molar-refractivity contribution in [3.05, 3.63) is 6.92 Å². The standard InChI is InChI=1S/C7H12O2/c1-6-4-8-7(2,3)9-5-6/h1,6H,4-5H2,2-3H3. The van der Waals surface area contributed by atoms with Crippen LogP contribution in [-0.2, 0) is 9.47 Å². The van der Waals surface area contributed by atoms with Gasteiger partial charge in [0.15, 0.2) is 5.79 Å². The summed E-state index contributed by atoms with van der Waals surface area (Å²) in [4.78, 5) is 0. The van der Waals surface area contributed by atoms with E-state index < -0.39 is 5.79 Å². The largest absolute Gasteiger partial charge is 0.350 e. The van der Waals surface area contributed by atoms with Crippen LogP contribution in [0.4, 0.5) is 0 Å². The molecule has 1 aliphatic heterocycles. The quantitative estimate of drug-likeness (QED) is 0.486. The van der Waals surface area contributed by atoms with Gasteiger partial charge in [-0.2, -0.15) is 0 Å². The second-order valence-corrected chi connectivity index (χ2v) is 2.78. The van der Waals surface area contributed by atoms with Gasteiger partial charge in [-0.3, -0.25) is 0 Å². The van der Waals surface area contributed by atoms with Crippen LogP contribution in [-0.4, -0.2) is 19.0 Å². The highest BCUT2D eigenvalue weighted by Gasteiger charge is 2.25. The Morgan fingerprint density at radius 3 is 2.11 bits per heavy atom. The highest BCUT2D eigenvalue weighted by atomic mass is 16.7. The van der Waals surface area contributed by atoms with Gasteiger partial charge in [-0.15, -0.1) is 0 Å². The van der Waals surface area contributed by atoms with Crippen LogP contribution in [0.3, 0.4) is 0 Å². The van der Waals surface area contributed by atoms with Crippen molar-refractivity contribution in [2.45, 2.75) is 19.6 Å². The monoisotopic (exact) mass is 128 g/mol. The Morgan fingerprint density at radius 2 is 1.78 bits per heavy atom. The molecule has 9 heavy (non-hydrogen) atoms. The Hall–Kier alpha value is -0.0800. The molecule has 0 saturated carbocycles. The topological polar surface area (TPSA) is 18.5 Å². The minimum atomic E-state index is -0.421. The molecule has 0 amide bonds. The molecule has 0 aromatic rings. The van der Waals surface area contributed by atoms with Crippen LogP contribution in [0.25, 0.3) is 0 Å². The highest BCUT2D eigenvalue weighted by Crippen LogP contribution is 2.19. The third-order valence-corrected chi connectivity index (χ3v) is 1.29. The lowest BCUT2D eigenvalue weighted by Gasteiger charge is -2.33. The van der Waals surface area contributed by atoms with Crippen LogP contribution < -0.4 is 0 Å². The zero-order valence-corrected chi connectivity index (χ0v) is 5.89. The molecule has 0 aromatic heterocycles. The maximum atomic E-state index is 5.51. The van der Waals surface area contributed by atoms with Crippen molar-refractivity contribution < 1.29 is 9.47 Å². The highest BCUT2D eigenvalue weighted by molar-refractivity contribution is 4.68. The Morgan fingerprint density at radius 1 is 1.33 bits per heavy atom. The predicted molar refractivity (Wildman–Crippen MR) is 33.8 cm³/mol. The molecule has 0 atom stereocenters. The van der Waals surface area contributed by atoms with E-state index in [9.17, 15) is 0 Å². The second-order valence-electron chi connectivity index (χ2n) is 2.78. The molecule has 1 heterocycles. The van der Waals surface area contributed by atoms with E-state index in [4.69, 9.17) is 16.4 Å². The second kappa shape index (κ2) is 2.27. The first kappa shape index (κ1) is 7.03. The lowest BCUT2D eigenvalue weighted by atomic mass is 10.2. The van der Waals surface area contributed by atoms with E-state index >= 15 is 0 Å². The fourth-order valence-corrected chi connectivity index (χ4v) is 0.705. The minimum absolute atomic E-state index is 0.0537. The molecule has 1 fully saturated rings. The van der Waals surface area contributed by atoms with Gasteiger partial charge in [0.25, 0.3) is 0 Å². The third kappa shape index (κ3) is 1.95. The Kier molecular flexibility index (Phi) is 1.78. The molecule has 1 aliphatic rings. The Bertz CT molecular complexity index is 89.1. The molecule has 2 heteroatoms. The average molecular weight is 128 g/mol. The summed E-state index contributed by atoms with van der Waals surface area (Å²) in [6.07, 6.45) is 0. The van der Waals surface area contributed by atoms with Gasteiger partial charge < -0.3 is 9.47 Å². The fraction of sp³-hybridized carbons (Fsp3) is 0.857. The SMILES string of the molecule is [CH]C1COC(C)(C)OC1. The lowest BCUT2D eigenvalue weighted by Crippen LogP contribution is -2.38. The Labute approximate surface area is 56.2 Å². The molecular weight excluding hydrogens is 116 g/mol. The maximum Gasteiger partial charge on any atom is 0.162 e. The van der Waals surface area contributed by atoms with Crippen molar-refractivity contribution in [3.8, 4) is 0 Å². The predicted octanol–water partition coefficient (Wildman–Crippen LogP) is 1.10. The summed E-state index contributed by atoms with van der Waals surface area (Å²) in [5.74, 6) is -0.367. The van der Waals surface area contributed by atoms with Crippen LogP contribution in [0.1, 0.15) is 13.8 Å². The van der Waals surface area contributed by atoms with Crippen LogP contribution in [0.2, 0.25) is 0 Å². The molecule has 0 unspecified atom stereocenters. The molecule has 1 saturated heterocycles. The first-order valence-electron chi connectivity index (χ1n) is 3.14. The number of rotatable bonds is 0. The van der Waals surface area contributed by atoms with Gasteiger partial charge in [-0.1, -0.05) is 0 Å². The van der Waals surface area contributed by atoms with E-state index in [0.29, 0.717) is 13.2 Å². The summed E-state index contributed by atoms with van der Waals surface area (Å²) in [6.45, 7) is 10.5. The first-order valence-corrected chi connectivity index (χ1v) is 3.14. The zero-order valence-electron chi connectivity index (χ0n) is 5.89. The van der Waals surface area contributed by atoms with Crippen molar-refractivity contribution in [1.82, 2.24) is 0 Å². The van der Waals surface area contributed by atoms with Gasteiger partial charge >= 0.3 is 0 Å². The minimum Gasteiger partial charge on any atom is -0.350 e. The fourth-order valence-electron chi connectivity index (χ4n) is 0.705. The van der Waals surface area contributed by atoms with E-state index in [2.05, 4.69) is 0 Å². The summed E-state index contributed by atoms with van der Waals surface area (Å²) in [6, 6.07) is 0. The summed E-state index contributed by atoms with van der Waals surface area (Å²) in [5.41, 5.74) is 0. The molecular formula is C7H12O2. The summed E-state index contributed by atoms with van der Waals surface area (Å²) >= 11 is 0. The van der Waals surface area contributed by atoms with Crippen molar-refractivity contribution in [2.75, 3.05) is 13.2 Å². The van der Waals surface area contributed by atoms with Crippen molar-refractivity contribution in [3.63, 3.8) is 0 Å². The van der Waals surface area contributed by atoms with Crippen molar-refractivity contribution in [1.29, 1.82) is 0 Å². The summed E-state index contributed by atoms with van der Waals surface area (Å²) in [5, 5.41) is 0. The van der Waals surface area contributed by atoms with E-state index in [1.165, 1.54) is 0 Å². The first-order chi connectivity index (χ1) is 4.10. The van der Waals surface area contributed by atoms with Gasteiger partial charge in [0.2, 0.25) is 0 Å². The molecule has 1 rings (SSSR count). The van der Waals surface area contributed by atoms with E-state index in [-0.39, 0.29) is 5.92 Å². The molecule has 0 spiro atoms. The average Bonchev–Trinajstić information content (AvgIpc) is 1.78. The van der Waals surface area contributed by atoms with Crippen LogP contribution in [0.5, 0.6) is 0 Å². The van der Waals surface area contributed by atoms with Gasteiger partial charge in [0.1, 0.15) is 0 Å². The number of hydrogen-bond acceptors (Lipinski definition) is 2.